The number of aromatic nitrogens is 1. The van der Waals surface area contributed by atoms with E-state index in [2.05, 4.69) is 27.1 Å². The molecule has 150 valence electrons. The van der Waals surface area contributed by atoms with Crippen LogP contribution in [0.15, 0.2) is 42.6 Å². The topological polar surface area (TPSA) is 57.7 Å². The molecule has 6 heteroatoms. The molecule has 2 aromatic rings. The molecule has 0 spiro atoms. The second kappa shape index (κ2) is 10.1. The molecule has 2 heterocycles. The van der Waals surface area contributed by atoms with Crippen LogP contribution in [-0.4, -0.2) is 55.6 Å². The predicted octanol–water partition coefficient (Wildman–Crippen LogP) is 2.62. The van der Waals surface area contributed by atoms with Crippen LogP contribution >= 0.6 is 0 Å². The average Bonchev–Trinajstić information content (AvgIpc) is 2.72. The van der Waals surface area contributed by atoms with Crippen LogP contribution in [0.25, 0.3) is 0 Å². The van der Waals surface area contributed by atoms with Crippen LogP contribution in [-0.2, 0) is 11.3 Å². The van der Waals surface area contributed by atoms with E-state index in [-0.39, 0.29) is 5.91 Å². The summed E-state index contributed by atoms with van der Waals surface area (Å²) in [7, 11) is 2.14. The third kappa shape index (κ3) is 5.70. The number of amides is 1. The summed E-state index contributed by atoms with van der Waals surface area (Å²) in [5.41, 5.74) is 2.18. The van der Waals surface area contributed by atoms with E-state index in [0.29, 0.717) is 26.0 Å². The van der Waals surface area contributed by atoms with Crippen LogP contribution in [0.2, 0.25) is 0 Å². The van der Waals surface area contributed by atoms with Gasteiger partial charge in [0.05, 0.1) is 6.61 Å². The summed E-state index contributed by atoms with van der Waals surface area (Å²) in [5.74, 6) is 1.91. The fourth-order valence-corrected chi connectivity index (χ4v) is 3.29. The molecule has 1 amide bonds. The minimum Gasteiger partial charge on any atom is -0.493 e. The molecule has 1 saturated heterocycles. The zero-order valence-corrected chi connectivity index (χ0v) is 16.9. The molecule has 0 atom stereocenters. The highest BCUT2D eigenvalue weighted by atomic mass is 16.5. The van der Waals surface area contributed by atoms with Crippen LogP contribution in [0.4, 0.5) is 5.82 Å². The largest absolute Gasteiger partial charge is 0.493 e. The van der Waals surface area contributed by atoms with Crippen molar-refractivity contribution in [1.29, 1.82) is 0 Å². The SMILES string of the molecule is Cc1ccccc1OCCCC(=O)NCc1cccnc1N1CCN(C)CC1. The van der Waals surface area contributed by atoms with Gasteiger partial charge < -0.3 is 19.9 Å². The van der Waals surface area contributed by atoms with Crippen molar-refractivity contribution < 1.29 is 9.53 Å². The van der Waals surface area contributed by atoms with E-state index in [9.17, 15) is 4.79 Å². The monoisotopic (exact) mass is 382 g/mol. The summed E-state index contributed by atoms with van der Waals surface area (Å²) < 4.78 is 5.76. The number of nitrogens with one attached hydrogen (secondary N) is 1. The Morgan fingerprint density at radius 3 is 2.71 bits per heavy atom. The smallest absolute Gasteiger partial charge is 0.220 e. The van der Waals surface area contributed by atoms with Gasteiger partial charge in [0, 0.05) is 50.9 Å². The highest BCUT2D eigenvalue weighted by molar-refractivity contribution is 5.76. The number of carbonyl (C=O) groups is 1. The Kier molecular flexibility index (Phi) is 7.25. The van der Waals surface area contributed by atoms with E-state index in [0.717, 1.165) is 48.9 Å². The summed E-state index contributed by atoms with van der Waals surface area (Å²) in [5, 5.41) is 3.03. The van der Waals surface area contributed by atoms with Gasteiger partial charge in [-0.05, 0) is 38.1 Å². The Bertz CT molecular complexity index is 773. The van der Waals surface area contributed by atoms with E-state index in [4.69, 9.17) is 4.74 Å². The van der Waals surface area contributed by atoms with Gasteiger partial charge in [-0.3, -0.25) is 4.79 Å². The number of hydrogen-bond donors (Lipinski definition) is 1. The van der Waals surface area contributed by atoms with Gasteiger partial charge in [0.15, 0.2) is 0 Å². The number of anilines is 1. The average molecular weight is 383 g/mol. The quantitative estimate of drug-likeness (QED) is 0.712. The third-order valence-corrected chi connectivity index (χ3v) is 5.05. The van der Waals surface area contributed by atoms with Crippen molar-refractivity contribution in [2.24, 2.45) is 0 Å². The summed E-state index contributed by atoms with van der Waals surface area (Å²) in [6.45, 7) is 7.06. The van der Waals surface area contributed by atoms with Crippen LogP contribution in [0, 0.1) is 6.92 Å². The Balaban J connectivity index is 1.43. The lowest BCUT2D eigenvalue weighted by molar-refractivity contribution is -0.121. The highest BCUT2D eigenvalue weighted by Gasteiger charge is 2.18. The van der Waals surface area contributed by atoms with Crippen molar-refractivity contribution in [2.75, 3.05) is 44.7 Å². The van der Waals surface area contributed by atoms with E-state index in [1.807, 2.05) is 49.5 Å². The number of pyridine rings is 1. The lowest BCUT2D eigenvalue weighted by Crippen LogP contribution is -2.45. The summed E-state index contributed by atoms with van der Waals surface area (Å²) in [6, 6.07) is 11.9. The minimum atomic E-state index is 0.0431. The summed E-state index contributed by atoms with van der Waals surface area (Å²) in [6.07, 6.45) is 2.97. The highest BCUT2D eigenvalue weighted by Crippen LogP contribution is 2.19. The molecule has 0 bridgehead atoms. The number of aryl methyl sites for hydroxylation is 1. The Hall–Kier alpha value is -2.60. The number of ether oxygens (including phenoxy) is 1. The van der Waals surface area contributed by atoms with Gasteiger partial charge in [-0.2, -0.15) is 0 Å². The molecule has 3 rings (SSSR count). The van der Waals surface area contributed by atoms with Crippen molar-refractivity contribution in [3.05, 3.63) is 53.7 Å². The number of piperazine rings is 1. The fourth-order valence-electron chi connectivity index (χ4n) is 3.29. The molecule has 0 aliphatic carbocycles. The molecule has 0 unspecified atom stereocenters. The number of hydrogen-bond acceptors (Lipinski definition) is 5. The van der Waals surface area contributed by atoms with Crippen LogP contribution in [0.1, 0.15) is 24.0 Å². The number of para-hydroxylation sites is 1. The van der Waals surface area contributed by atoms with Gasteiger partial charge in [-0.1, -0.05) is 24.3 Å². The van der Waals surface area contributed by atoms with E-state index in [1.165, 1.54) is 0 Å². The zero-order chi connectivity index (χ0) is 19.8. The van der Waals surface area contributed by atoms with Gasteiger partial charge in [0.25, 0.3) is 0 Å². The first kappa shape index (κ1) is 20.1. The molecular formula is C22H30N4O2. The number of likely N-dealkylation sites (N-methyl/N-ethyl adjacent to an activating group) is 1. The molecule has 0 saturated carbocycles. The van der Waals surface area contributed by atoms with Gasteiger partial charge >= 0.3 is 0 Å². The third-order valence-electron chi connectivity index (χ3n) is 5.05. The Labute approximate surface area is 167 Å². The van der Waals surface area contributed by atoms with E-state index in [1.54, 1.807) is 0 Å². The van der Waals surface area contributed by atoms with Crippen molar-refractivity contribution in [1.82, 2.24) is 15.2 Å². The van der Waals surface area contributed by atoms with Crippen molar-refractivity contribution in [3.8, 4) is 5.75 Å². The molecule has 1 aliphatic heterocycles. The van der Waals surface area contributed by atoms with E-state index >= 15 is 0 Å². The normalized spacial score (nSPS) is 14.7. The number of benzene rings is 1. The fraction of sp³-hybridized carbons (Fsp3) is 0.455. The maximum Gasteiger partial charge on any atom is 0.220 e. The predicted molar refractivity (Wildman–Crippen MR) is 112 cm³/mol. The van der Waals surface area contributed by atoms with Crippen molar-refractivity contribution >= 4 is 11.7 Å². The Morgan fingerprint density at radius 1 is 1.14 bits per heavy atom. The summed E-state index contributed by atoms with van der Waals surface area (Å²) >= 11 is 0. The molecule has 1 aliphatic rings. The first-order valence-electron chi connectivity index (χ1n) is 9.96. The standard InChI is InChI=1S/C22H30N4O2/c1-18-7-3-4-9-20(18)28-16-6-10-21(27)24-17-19-8-5-11-23-22(19)26-14-12-25(2)13-15-26/h3-5,7-9,11H,6,10,12-17H2,1-2H3,(H,24,27). The number of carbonyl (C=O) groups excluding carboxylic acids is 1. The Morgan fingerprint density at radius 2 is 1.93 bits per heavy atom. The molecule has 1 aromatic carbocycles. The molecule has 1 N–H and O–H groups in total. The second-order valence-corrected chi connectivity index (χ2v) is 7.27. The first-order valence-corrected chi connectivity index (χ1v) is 9.96. The molecule has 1 aromatic heterocycles. The molecule has 1 fully saturated rings. The molecule has 28 heavy (non-hydrogen) atoms. The maximum absolute atomic E-state index is 12.2. The minimum absolute atomic E-state index is 0.0431. The van der Waals surface area contributed by atoms with Crippen molar-refractivity contribution in [2.45, 2.75) is 26.3 Å². The number of nitrogens with zero attached hydrogens (tertiary/aromatic N) is 3. The number of rotatable bonds is 8. The van der Waals surface area contributed by atoms with Gasteiger partial charge in [-0.15, -0.1) is 0 Å². The van der Waals surface area contributed by atoms with Crippen molar-refractivity contribution in [3.63, 3.8) is 0 Å². The van der Waals surface area contributed by atoms with Crippen LogP contribution in [0.3, 0.4) is 0 Å². The van der Waals surface area contributed by atoms with Gasteiger partial charge in [0.2, 0.25) is 5.91 Å². The molecule has 0 radical (unpaired) electrons. The first-order chi connectivity index (χ1) is 13.6. The zero-order valence-electron chi connectivity index (χ0n) is 16.9. The molecule has 6 nitrogen and oxygen atoms in total. The second-order valence-electron chi connectivity index (χ2n) is 7.27. The van der Waals surface area contributed by atoms with Gasteiger partial charge in [0.1, 0.15) is 11.6 Å². The maximum atomic E-state index is 12.2. The van der Waals surface area contributed by atoms with Crippen LogP contribution in [0.5, 0.6) is 5.75 Å². The lowest BCUT2D eigenvalue weighted by atomic mass is 10.2. The van der Waals surface area contributed by atoms with Crippen LogP contribution < -0.4 is 15.0 Å². The molecular weight excluding hydrogens is 352 g/mol. The lowest BCUT2D eigenvalue weighted by Gasteiger charge is -2.34. The van der Waals surface area contributed by atoms with Gasteiger partial charge in [-0.25, -0.2) is 4.98 Å². The van der Waals surface area contributed by atoms with E-state index < -0.39 is 0 Å². The summed E-state index contributed by atoms with van der Waals surface area (Å²) in [4.78, 5) is 21.4.